The molecule has 0 aliphatic heterocycles. The Morgan fingerprint density at radius 1 is 0.525 bits per heavy atom. The lowest BCUT2D eigenvalue weighted by Gasteiger charge is -2.20. The molecular weight excluding hydrogens is 767 g/mol. The lowest BCUT2D eigenvalue weighted by Crippen LogP contribution is -2.29. The van der Waals surface area contributed by atoms with Crippen molar-refractivity contribution in [2.75, 3.05) is 26.4 Å². The Balaban J connectivity index is 4.43. The van der Waals surface area contributed by atoms with Crippen molar-refractivity contribution in [1.29, 1.82) is 0 Å². The molecule has 0 aromatic heterocycles. The number of rotatable bonds is 38. The van der Waals surface area contributed by atoms with E-state index in [0.717, 1.165) is 83.5 Å². The van der Waals surface area contributed by atoms with E-state index in [1.54, 1.807) is 0 Å². The van der Waals surface area contributed by atoms with Crippen LogP contribution in [0.4, 0.5) is 0 Å². The topological polar surface area (TPSA) is 149 Å². The van der Waals surface area contributed by atoms with Crippen LogP contribution in [0.2, 0.25) is 0 Å². The van der Waals surface area contributed by atoms with Crippen molar-refractivity contribution < 1.29 is 47.8 Å². The summed E-state index contributed by atoms with van der Waals surface area (Å²) in [6, 6.07) is 0. The molecule has 59 heavy (non-hydrogen) atoms. The summed E-state index contributed by atoms with van der Waals surface area (Å²) >= 11 is 0. The fourth-order valence-corrected chi connectivity index (χ4v) is 5.71. The normalized spacial score (nSPS) is 15.0. The molecule has 332 valence electrons. The number of aliphatic hydroxyl groups is 2. The van der Waals surface area contributed by atoms with Crippen LogP contribution in [0.15, 0.2) is 122 Å². The summed E-state index contributed by atoms with van der Waals surface area (Å²) in [5.74, 6) is -1.03. The van der Waals surface area contributed by atoms with Gasteiger partial charge in [0.15, 0.2) is 6.10 Å². The van der Waals surface area contributed by atoms with E-state index in [4.69, 9.17) is 19.1 Å². The molecule has 3 N–H and O–H groups in total. The number of hydrogen-bond acceptors (Lipinski definition) is 9. The molecule has 0 rings (SSSR count). The van der Waals surface area contributed by atoms with Gasteiger partial charge in [-0.2, -0.15) is 0 Å². The second kappa shape index (κ2) is 42.5. The maximum absolute atomic E-state index is 12.6. The summed E-state index contributed by atoms with van der Waals surface area (Å²) in [6.07, 6.45) is 54.6. The zero-order valence-corrected chi connectivity index (χ0v) is 36.8. The minimum absolute atomic E-state index is 0.140. The number of phosphoric ester groups is 1. The molecule has 0 fully saturated rings. The Hall–Kier alpha value is -3.63. The second-order valence-corrected chi connectivity index (χ2v) is 15.1. The van der Waals surface area contributed by atoms with Gasteiger partial charge in [0.2, 0.25) is 0 Å². The highest BCUT2D eigenvalue weighted by molar-refractivity contribution is 7.47. The SMILES string of the molecule is CC/C=C/C=C/C=C/CCCCCCCC(=O)OC(COC(=O)CCC/C=C/C/C=C/C/C=C/C/C=C/C/C=C/C/C=C/C/C=C/CC)COP(=O)(O)OC[C@H](O)CO. The van der Waals surface area contributed by atoms with Gasteiger partial charge in [0.05, 0.1) is 19.8 Å². The standard InChI is InChI=1S/C48H75O10P/c1-3-5-7-9-11-13-15-17-18-19-20-21-22-23-24-25-26-28-29-31-33-35-37-39-47(51)55-43-46(44-57-59(53,54)56-42-45(50)41-49)58-48(52)40-38-36-34-32-30-27-16-14-12-10-8-6-4-2/h5-8,10-14,16-18,20-21,23-24,26,28,31,33,45-46,49-50H,3-4,9,15,19,22,25,27,29-30,32,34-44H2,1-2H3,(H,53,54)/b7-5+,8-6+,12-10+,13-11+,16-14+,18-17+,21-20+,24-23+,28-26+,33-31+/t45-,46?/m1/s1. The van der Waals surface area contributed by atoms with E-state index in [1.807, 2.05) is 36.5 Å². The molecule has 0 aliphatic rings. The van der Waals surface area contributed by atoms with E-state index in [0.29, 0.717) is 19.3 Å². The smallest absolute Gasteiger partial charge is 0.462 e. The first-order valence-electron chi connectivity index (χ1n) is 21.5. The quantitative estimate of drug-likeness (QED) is 0.0180. The zero-order valence-electron chi connectivity index (χ0n) is 35.9. The summed E-state index contributed by atoms with van der Waals surface area (Å²) in [4.78, 5) is 34.9. The van der Waals surface area contributed by atoms with E-state index in [1.165, 1.54) is 0 Å². The Labute approximate surface area is 356 Å². The molecule has 0 heterocycles. The molecule has 0 bridgehead atoms. The summed E-state index contributed by atoms with van der Waals surface area (Å²) in [7, 11) is -4.64. The summed E-state index contributed by atoms with van der Waals surface area (Å²) in [6.45, 7) is 2.00. The number of aliphatic hydroxyl groups excluding tert-OH is 2. The molecule has 10 nitrogen and oxygen atoms in total. The van der Waals surface area contributed by atoms with Gasteiger partial charge in [-0.15, -0.1) is 0 Å². The Morgan fingerprint density at radius 2 is 0.983 bits per heavy atom. The second-order valence-electron chi connectivity index (χ2n) is 13.7. The van der Waals surface area contributed by atoms with Gasteiger partial charge >= 0.3 is 19.8 Å². The Morgan fingerprint density at radius 3 is 1.54 bits per heavy atom. The predicted molar refractivity (Wildman–Crippen MR) is 242 cm³/mol. The molecule has 11 heteroatoms. The van der Waals surface area contributed by atoms with Gasteiger partial charge in [-0.05, 0) is 83.5 Å². The number of hydrogen-bond donors (Lipinski definition) is 3. The third-order valence-electron chi connectivity index (χ3n) is 8.17. The largest absolute Gasteiger partial charge is 0.472 e. The Bertz CT molecular complexity index is 1390. The van der Waals surface area contributed by atoms with Crippen LogP contribution < -0.4 is 0 Å². The van der Waals surface area contributed by atoms with Crippen LogP contribution >= 0.6 is 7.82 Å². The number of carbonyl (C=O) groups is 2. The van der Waals surface area contributed by atoms with Gasteiger partial charge in [0.25, 0.3) is 0 Å². The molecule has 0 amide bonds. The molecule has 0 radical (unpaired) electrons. The van der Waals surface area contributed by atoms with Crippen molar-refractivity contribution in [3.63, 3.8) is 0 Å². The molecule has 0 spiro atoms. The van der Waals surface area contributed by atoms with Crippen molar-refractivity contribution in [1.82, 2.24) is 0 Å². The fourth-order valence-electron chi connectivity index (χ4n) is 4.92. The van der Waals surface area contributed by atoms with E-state index in [9.17, 15) is 24.2 Å². The predicted octanol–water partition coefficient (Wildman–Crippen LogP) is 11.6. The first kappa shape index (κ1) is 55.4. The van der Waals surface area contributed by atoms with Crippen molar-refractivity contribution in [2.45, 2.75) is 142 Å². The van der Waals surface area contributed by atoms with Gasteiger partial charge in [-0.25, -0.2) is 4.57 Å². The van der Waals surface area contributed by atoms with E-state index in [-0.39, 0.29) is 19.4 Å². The van der Waals surface area contributed by atoms with Gasteiger partial charge < -0.3 is 24.6 Å². The molecule has 0 saturated heterocycles. The molecular formula is C48H75O10P. The third kappa shape index (κ3) is 42.3. The van der Waals surface area contributed by atoms with Crippen molar-refractivity contribution in [3.8, 4) is 0 Å². The Kier molecular flexibility index (Phi) is 39.9. The molecule has 0 aliphatic carbocycles. The summed E-state index contributed by atoms with van der Waals surface area (Å²) in [5.41, 5.74) is 0. The number of unbranched alkanes of at least 4 members (excludes halogenated alkanes) is 6. The lowest BCUT2D eigenvalue weighted by atomic mass is 10.1. The minimum atomic E-state index is -4.64. The van der Waals surface area contributed by atoms with Crippen LogP contribution in [-0.2, 0) is 32.7 Å². The van der Waals surface area contributed by atoms with Crippen LogP contribution in [0.3, 0.4) is 0 Å². The molecule has 0 aromatic rings. The van der Waals surface area contributed by atoms with Gasteiger partial charge in [0, 0.05) is 12.8 Å². The maximum atomic E-state index is 12.6. The van der Waals surface area contributed by atoms with E-state index in [2.05, 4.69) is 103 Å². The average Bonchev–Trinajstić information content (AvgIpc) is 3.22. The fraction of sp³-hybridized carbons (Fsp3) is 0.542. The van der Waals surface area contributed by atoms with Crippen LogP contribution in [0.1, 0.15) is 129 Å². The monoisotopic (exact) mass is 843 g/mol. The number of esters is 2. The van der Waals surface area contributed by atoms with Crippen molar-refractivity contribution in [2.24, 2.45) is 0 Å². The van der Waals surface area contributed by atoms with E-state index < -0.39 is 51.8 Å². The highest BCUT2D eigenvalue weighted by Gasteiger charge is 2.27. The number of ether oxygens (including phenoxy) is 2. The van der Waals surface area contributed by atoms with Gasteiger partial charge in [0.1, 0.15) is 12.7 Å². The molecule has 0 aromatic carbocycles. The molecule has 3 atom stereocenters. The van der Waals surface area contributed by atoms with Crippen LogP contribution in [0.25, 0.3) is 0 Å². The highest BCUT2D eigenvalue weighted by atomic mass is 31.2. The minimum Gasteiger partial charge on any atom is -0.462 e. The number of carbonyl (C=O) groups excluding carboxylic acids is 2. The number of phosphoric acid groups is 1. The van der Waals surface area contributed by atoms with Crippen LogP contribution in [0.5, 0.6) is 0 Å². The first-order valence-corrected chi connectivity index (χ1v) is 23.0. The van der Waals surface area contributed by atoms with Crippen LogP contribution in [0, 0.1) is 0 Å². The van der Waals surface area contributed by atoms with Gasteiger partial charge in [-0.1, -0.05) is 155 Å². The van der Waals surface area contributed by atoms with Crippen molar-refractivity contribution in [3.05, 3.63) is 122 Å². The lowest BCUT2D eigenvalue weighted by molar-refractivity contribution is -0.161. The maximum Gasteiger partial charge on any atom is 0.472 e. The highest BCUT2D eigenvalue weighted by Crippen LogP contribution is 2.43. The van der Waals surface area contributed by atoms with Crippen LogP contribution in [-0.4, -0.2) is 65.7 Å². The summed E-state index contributed by atoms with van der Waals surface area (Å²) in [5, 5.41) is 18.3. The number of allylic oxidation sites excluding steroid dienone is 20. The zero-order chi connectivity index (χ0) is 43.3. The molecule has 2 unspecified atom stereocenters. The van der Waals surface area contributed by atoms with Gasteiger partial charge in [-0.3, -0.25) is 18.6 Å². The van der Waals surface area contributed by atoms with Crippen molar-refractivity contribution >= 4 is 19.8 Å². The first-order chi connectivity index (χ1) is 28.7. The van der Waals surface area contributed by atoms with E-state index >= 15 is 0 Å². The molecule has 0 saturated carbocycles. The average molecular weight is 843 g/mol. The third-order valence-corrected chi connectivity index (χ3v) is 9.12. The summed E-state index contributed by atoms with van der Waals surface area (Å²) < 4.78 is 32.6.